The van der Waals surface area contributed by atoms with Crippen LogP contribution in [0, 0.1) is 0 Å². The van der Waals surface area contributed by atoms with Crippen LogP contribution in [0.3, 0.4) is 0 Å². The Kier molecular flexibility index (Phi) is 5.59. The molecule has 30 heavy (non-hydrogen) atoms. The van der Waals surface area contributed by atoms with Gasteiger partial charge in [-0.05, 0) is 67.3 Å². The molecule has 2 amide bonds. The number of hydrogen-bond donors (Lipinski definition) is 2. The fourth-order valence-electron chi connectivity index (χ4n) is 3.28. The molecule has 7 heteroatoms. The zero-order valence-electron chi connectivity index (χ0n) is 16.9. The summed E-state index contributed by atoms with van der Waals surface area (Å²) in [6, 6.07) is 14.5. The van der Waals surface area contributed by atoms with Gasteiger partial charge in [-0.3, -0.25) is 9.59 Å². The second-order valence-electron chi connectivity index (χ2n) is 7.77. The summed E-state index contributed by atoms with van der Waals surface area (Å²) in [6.07, 6.45) is 3.67. The summed E-state index contributed by atoms with van der Waals surface area (Å²) in [7, 11) is 0. The number of carbonyl (C=O) groups excluding carboxylic acids is 2. The predicted octanol–water partition coefficient (Wildman–Crippen LogP) is 4.79. The highest BCUT2D eigenvalue weighted by Gasteiger charge is 2.24. The summed E-state index contributed by atoms with van der Waals surface area (Å²) in [5, 5.41) is 10.9. The number of nitrogens with one attached hydrogen (secondary N) is 2. The van der Waals surface area contributed by atoms with Crippen molar-refractivity contribution in [3.8, 4) is 5.69 Å². The maximum Gasteiger partial charge on any atom is 0.259 e. The molecule has 1 aromatic heterocycles. The molecule has 1 saturated carbocycles. The number of halogens is 1. The van der Waals surface area contributed by atoms with Crippen molar-refractivity contribution in [3.05, 3.63) is 76.6 Å². The van der Waals surface area contributed by atoms with E-state index in [0.717, 1.165) is 24.2 Å². The topological polar surface area (TPSA) is 76.0 Å². The van der Waals surface area contributed by atoms with Gasteiger partial charge in [0.05, 0.1) is 23.1 Å². The van der Waals surface area contributed by atoms with E-state index in [2.05, 4.69) is 15.7 Å². The molecule has 0 radical (unpaired) electrons. The minimum absolute atomic E-state index is 0.0809. The zero-order chi connectivity index (χ0) is 21.3. The molecule has 0 bridgehead atoms. The third-order valence-corrected chi connectivity index (χ3v) is 5.24. The summed E-state index contributed by atoms with van der Waals surface area (Å²) < 4.78 is 1.77. The van der Waals surface area contributed by atoms with E-state index >= 15 is 0 Å². The fourth-order valence-corrected chi connectivity index (χ4v) is 3.40. The van der Waals surface area contributed by atoms with Crippen LogP contribution < -0.4 is 10.6 Å². The number of nitrogens with zero attached hydrogens (tertiary/aromatic N) is 2. The minimum atomic E-state index is -0.242. The van der Waals surface area contributed by atoms with Crippen LogP contribution in [0.2, 0.25) is 5.02 Å². The van der Waals surface area contributed by atoms with Crippen molar-refractivity contribution in [3.63, 3.8) is 0 Å². The van der Waals surface area contributed by atoms with Gasteiger partial charge in [0.25, 0.3) is 11.8 Å². The first-order valence-corrected chi connectivity index (χ1v) is 10.4. The van der Waals surface area contributed by atoms with Crippen LogP contribution in [-0.2, 0) is 0 Å². The van der Waals surface area contributed by atoms with Gasteiger partial charge in [-0.15, -0.1) is 0 Å². The Morgan fingerprint density at radius 2 is 1.70 bits per heavy atom. The summed E-state index contributed by atoms with van der Waals surface area (Å²) in [5.74, 6) is -0.242. The lowest BCUT2D eigenvalue weighted by atomic mass is 10.0. The highest BCUT2D eigenvalue weighted by atomic mass is 35.5. The third-order valence-electron chi connectivity index (χ3n) is 4.99. The van der Waals surface area contributed by atoms with E-state index in [0.29, 0.717) is 27.9 Å². The molecule has 0 unspecified atom stereocenters. The summed E-state index contributed by atoms with van der Waals surface area (Å²) in [5.41, 5.74) is 3.37. The van der Waals surface area contributed by atoms with Crippen molar-refractivity contribution in [1.82, 2.24) is 15.1 Å². The van der Waals surface area contributed by atoms with Crippen LogP contribution in [-0.4, -0.2) is 27.6 Å². The number of hydrogen-bond acceptors (Lipinski definition) is 3. The number of carbonyl (C=O) groups is 2. The first-order valence-electron chi connectivity index (χ1n) is 9.98. The smallest absolute Gasteiger partial charge is 0.259 e. The summed E-state index contributed by atoms with van der Waals surface area (Å²) in [4.78, 5) is 25.1. The zero-order valence-corrected chi connectivity index (χ0v) is 17.6. The van der Waals surface area contributed by atoms with Gasteiger partial charge < -0.3 is 10.6 Å². The van der Waals surface area contributed by atoms with Crippen molar-refractivity contribution in [2.75, 3.05) is 5.32 Å². The van der Waals surface area contributed by atoms with Crippen LogP contribution in [0.15, 0.2) is 54.7 Å². The Labute approximate surface area is 180 Å². The molecule has 1 aliphatic rings. The van der Waals surface area contributed by atoms with E-state index in [-0.39, 0.29) is 17.7 Å². The van der Waals surface area contributed by atoms with E-state index in [1.807, 2.05) is 26.0 Å². The van der Waals surface area contributed by atoms with Crippen LogP contribution in [0.1, 0.15) is 59.0 Å². The third kappa shape index (κ3) is 4.39. The highest BCUT2D eigenvalue weighted by molar-refractivity contribution is 6.30. The molecule has 2 N–H and O–H groups in total. The van der Waals surface area contributed by atoms with E-state index in [4.69, 9.17) is 11.6 Å². The van der Waals surface area contributed by atoms with Gasteiger partial charge in [0.1, 0.15) is 0 Å². The van der Waals surface area contributed by atoms with E-state index in [1.54, 1.807) is 47.3 Å². The largest absolute Gasteiger partial charge is 0.349 e. The molecule has 1 fully saturated rings. The number of amides is 2. The molecule has 0 aliphatic heterocycles. The molecule has 4 rings (SSSR count). The van der Waals surface area contributed by atoms with Gasteiger partial charge in [0.15, 0.2) is 0 Å². The average molecular weight is 423 g/mol. The first kappa shape index (κ1) is 20.2. The molecule has 2 aromatic carbocycles. The van der Waals surface area contributed by atoms with Crippen LogP contribution in [0.4, 0.5) is 5.69 Å². The highest BCUT2D eigenvalue weighted by Crippen LogP contribution is 2.25. The molecule has 0 saturated heterocycles. The second kappa shape index (κ2) is 8.32. The van der Waals surface area contributed by atoms with Crippen LogP contribution in [0.5, 0.6) is 0 Å². The Morgan fingerprint density at radius 3 is 2.30 bits per heavy atom. The molecule has 1 aliphatic carbocycles. The predicted molar refractivity (Wildman–Crippen MR) is 118 cm³/mol. The van der Waals surface area contributed by atoms with Crippen molar-refractivity contribution in [2.24, 2.45) is 0 Å². The number of aromatic nitrogens is 2. The van der Waals surface area contributed by atoms with Crippen molar-refractivity contribution >= 4 is 29.1 Å². The van der Waals surface area contributed by atoms with Crippen LogP contribution in [0.25, 0.3) is 5.69 Å². The second-order valence-corrected chi connectivity index (χ2v) is 8.20. The number of benzene rings is 2. The monoisotopic (exact) mass is 422 g/mol. The van der Waals surface area contributed by atoms with Crippen LogP contribution >= 0.6 is 11.6 Å². The summed E-state index contributed by atoms with van der Waals surface area (Å²) in [6.45, 7) is 4.04. The normalized spacial score (nSPS) is 13.3. The maximum atomic E-state index is 12.9. The minimum Gasteiger partial charge on any atom is -0.349 e. The molecule has 154 valence electrons. The molecule has 6 nitrogen and oxygen atoms in total. The average Bonchev–Trinajstić information content (AvgIpc) is 3.42. The SMILES string of the molecule is CC(C)c1c(C(=O)Nc2ccc(C(=O)NC3CC3)cc2)cnn1-c1ccc(Cl)cc1. The lowest BCUT2D eigenvalue weighted by Gasteiger charge is -2.13. The molecule has 0 spiro atoms. The number of anilines is 1. The Morgan fingerprint density at radius 1 is 1.03 bits per heavy atom. The van der Waals surface area contributed by atoms with E-state index in [1.165, 1.54) is 0 Å². The van der Waals surface area contributed by atoms with Gasteiger partial charge >= 0.3 is 0 Å². The molecule has 0 atom stereocenters. The first-order chi connectivity index (χ1) is 14.4. The quantitative estimate of drug-likeness (QED) is 0.599. The molecule has 3 aromatic rings. The van der Waals surface area contributed by atoms with Gasteiger partial charge in [0, 0.05) is 22.3 Å². The lowest BCUT2D eigenvalue weighted by Crippen LogP contribution is -2.25. The van der Waals surface area contributed by atoms with Gasteiger partial charge in [-0.25, -0.2) is 4.68 Å². The molecular weight excluding hydrogens is 400 g/mol. The number of rotatable bonds is 6. The van der Waals surface area contributed by atoms with Gasteiger partial charge in [0.2, 0.25) is 0 Å². The van der Waals surface area contributed by atoms with Gasteiger partial charge in [-0.1, -0.05) is 25.4 Å². The maximum absolute atomic E-state index is 12.9. The van der Waals surface area contributed by atoms with E-state index in [9.17, 15) is 9.59 Å². The van der Waals surface area contributed by atoms with Crippen molar-refractivity contribution < 1.29 is 9.59 Å². The Hall–Kier alpha value is -3.12. The fraction of sp³-hybridized carbons (Fsp3) is 0.261. The molecule has 1 heterocycles. The summed E-state index contributed by atoms with van der Waals surface area (Å²) >= 11 is 5.99. The van der Waals surface area contributed by atoms with Crippen molar-refractivity contribution in [1.29, 1.82) is 0 Å². The molecular formula is C23H23ClN4O2. The van der Waals surface area contributed by atoms with Gasteiger partial charge in [-0.2, -0.15) is 5.10 Å². The Balaban J connectivity index is 1.53. The Bertz CT molecular complexity index is 1070. The lowest BCUT2D eigenvalue weighted by molar-refractivity contribution is 0.0950. The standard InChI is InChI=1S/C23H23ClN4O2/c1-14(2)21-20(13-25-28(21)19-11-5-16(24)6-12-19)23(30)27-17-7-3-15(4-8-17)22(29)26-18-9-10-18/h3-8,11-14,18H,9-10H2,1-2H3,(H,26,29)(H,27,30). The van der Waals surface area contributed by atoms with Crippen molar-refractivity contribution in [2.45, 2.75) is 38.6 Å². The van der Waals surface area contributed by atoms with E-state index < -0.39 is 0 Å².